The van der Waals surface area contributed by atoms with Crippen molar-refractivity contribution in [3.63, 3.8) is 0 Å². The molecule has 154 valence electrons. The van der Waals surface area contributed by atoms with Gasteiger partial charge in [-0.25, -0.2) is 0 Å². The number of rotatable bonds is 12. The Kier molecular flexibility index (Phi) is 10.7. The topological polar surface area (TPSA) is 188 Å². The van der Waals surface area contributed by atoms with Crippen molar-refractivity contribution in [1.82, 2.24) is 16.0 Å². The molecule has 0 spiro atoms. The van der Waals surface area contributed by atoms with Gasteiger partial charge in [-0.2, -0.15) is 0 Å². The minimum atomic E-state index is -1.23. The van der Waals surface area contributed by atoms with Gasteiger partial charge in [0.15, 0.2) is 0 Å². The first kappa shape index (κ1) is 24.3. The zero-order valence-electron chi connectivity index (χ0n) is 15.7. The summed E-state index contributed by atoms with van der Waals surface area (Å²) in [6.07, 6.45) is -0.341. The van der Waals surface area contributed by atoms with Crippen LogP contribution in [0.4, 0.5) is 0 Å². The van der Waals surface area contributed by atoms with E-state index in [1.807, 2.05) is 13.8 Å². The van der Waals surface area contributed by atoms with Gasteiger partial charge in [0.25, 0.3) is 0 Å². The monoisotopic (exact) mass is 388 g/mol. The summed E-state index contributed by atoms with van der Waals surface area (Å²) in [4.78, 5) is 57.8. The molecule has 0 aliphatic carbocycles. The minimum absolute atomic E-state index is 0.00185. The maximum Gasteiger partial charge on any atom is 0.322 e. The standard InChI is InChI=1S/C16H28N4O7/c1-8(2)6-11(15(26)18-7-13(23)24)20-16(27)10(4-5-12(21)22)19-14(25)9(3)17/h8-11H,4-7,17H2,1-3H3,(H,18,26)(H,19,25)(H,20,27)(H,21,22)(H,23,24). The lowest BCUT2D eigenvalue weighted by Crippen LogP contribution is -2.56. The number of carboxylic acids is 2. The molecule has 27 heavy (non-hydrogen) atoms. The van der Waals surface area contributed by atoms with Gasteiger partial charge in [-0.1, -0.05) is 13.8 Å². The van der Waals surface area contributed by atoms with Crippen LogP contribution in [-0.4, -0.2) is 64.5 Å². The van der Waals surface area contributed by atoms with Gasteiger partial charge in [0.05, 0.1) is 6.04 Å². The second-order valence-corrected chi connectivity index (χ2v) is 6.58. The summed E-state index contributed by atoms with van der Waals surface area (Å²) in [5.41, 5.74) is 5.44. The molecule has 0 heterocycles. The van der Waals surface area contributed by atoms with Crippen molar-refractivity contribution in [2.75, 3.05) is 6.54 Å². The summed E-state index contributed by atoms with van der Waals surface area (Å²) in [6, 6.07) is -3.13. The summed E-state index contributed by atoms with van der Waals surface area (Å²) >= 11 is 0. The maximum atomic E-state index is 12.5. The third kappa shape index (κ3) is 10.8. The maximum absolute atomic E-state index is 12.5. The third-order valence-corrected chi connectivity index (χ3v) is 3.45. The molecule has 0 aromatic heterocycles. The van der Waals surface area contributed by atoms with Gasteiger partial charge in [0, 0.05) is 6.42 Å². The highest BCUT2D eigenvalue weighted by Gasteiger charge is 2.28. The molecular formula is C16H28N4O7. The lowest BCUT2D eigenvalue weighted by Gasteiger charge is -2.24. The molecule has 0 bridgehead atoms. The predicted octanol–water partition coefficient (Wildman–Crippen LogP) is -1.59. The first-order chi connectivity index (χ1) is 12.4. The van der Waals surface area contributed by atoms with E-state index in [9.17, 15) is 24.0 Å². The van der Waals surface area contributed by atoms with Crippen LogP contribution in [0.15, 0.2) is 0 Å². The normalized spacial score (nSPS) is 14.0. The number of hydrogen-bond donors (Lipinski definition) is 6. The Morgan fingerprint density at radius 3 is 1.85 bits per heavy atom. The van der Waals surface area contributed by atoms with Crippen LogP contribution in [-0.2, 0) is 24.0 Å². The van der Waals surface area contributed by atoms with Crippen LogP contribution in [0.1, 0.15) is 40.0 Å². The molecule has 0 radical (unpaired) electrons. The fraction of sp³-hybridized carbons (Fsp3) is 0.688. The summed E-state index contributed by atoms with van der Waals surface area (Å²) < 4.78 is 0. The minimum Gasteiger partial charge on any atom is -0.481 e. The number of carbonyl (C=O) groups excluding carboxylic acids is 3. The molecule has 0 rings (SSSR count). The van der Waals surface area contributed by atoms with Crippen LogP contribution in [0.5, 0.6) is 0 Å². The molecule has 0 saturated heterocycles. The van der Waals surface area contributed by atoms with Crippen LogP contribution in [0.25, 0.3) is 0 Å². The van der Waals surface area contributed by atoms with Gasteiger partial charge in [0.2, 0.25) is 17.7 Å². The Balaban J connectivity index is 5.19. The van der Waals surface area contributed by atoms with E-state index in [1.54, 1.807) is 0 Å². The van der Waals surface area contributed by atoms with E-state index in [-0.39, 0.29) is 25.2 Å². The Labute approximate surface area is 157 Å². The van der Waals surface area contributed by atoms with Gasteiger partial charge < -0.3 is 31.9 Å². The second kappa shape index (κ2) is 11.8. The highest BCUT2D eigenvalue weighted by Crippen LogP contribution is 2.07. The first-order valence-electron chi connectivity index (χ1n) is 8.51. The van der Waals surface area contributed by atoms with E-state index in [0.29, 0.717) is 0 Å². The first-order valence-corrected chi connectivity index (χ1v) is 8.51. The number of hydrogen-bond acceptors (Lipinski definition) is 6. The summed E-state index contributed by atoms with van der Waals surface area (Å²) in [5.74, 6) is -4.46. The van der Waals surface area contributed by atoms with E-state index in [2.05, 4.69) is 16.0 Å². The molecule has 0 aromatic rings. The molecule has 0 aliphatic rings. The van der Waals surface area contributed by atoms with Gasteiger partial charge in [-0.15, -0.1) is 0 Å². The Bertz CT molecular complexity index is 563. The molecule has 11 nitrogen and oxygen atoms in total. The molecule has 3 atom stereocenters. The lowest BCUT2D eigenvalue weighted by molar-refractivity contribution is -0.138. The molecular weight excluding hydrogens is 360 g/mol. The van der Waals surface area contributed by atoms with Crippen LogP contribution < -0.4 is 21.7 Å². The smallest absolute Gasteiger partial charge is 0.322 e. The van der Waals surface area contributed by atoms with E-state index < -0.39 is 54.3 Å². The second-order valence-electron chi connectivity index (χ2n) is 6.58. The summed E-state index contributed by atoms with van der Waals surface area (Å²) in [6.45, 7) is 4.42. The number of carbonyl (C=O) groups is 5. The van der Waals surface area contributed by atoms with Crippen molar-refractivity contribution in [1.29, 1.82) is 0 Å². The number of amides is 3. The van der Waals surface area contributed by atoms with E-state index in [4.69, 9.17) is 15.9 Å². The molecule has 0 fully saturated rings. The molecule has 0 aliphatic heterocycles. The largest absolute Gasteiger partial charge is 0.481 e. The van der Waals surface area contributed by atoms with Crippen LogP contribution in [0, 0.1) is 5.92 Å². The number of nitrogens with two attached hydrogens (primary N) is 1. The molecule has 0 saturated carbocycles. The van der Waals surface area contributed by atoms with Crippen LogP contribution in [0.2, 0.25) is 0 Å². The SMILES string of the molecule is CC(C)CC(NC(=O)C(CCC(=O)O)NC(=O)C(C)N)C(=O)NCC(=O)O. The molecule has 3 amide bonds. The highest BCUT2D eigenvalue weighted by molar-refractivity contribution is 5.93. The molecule has 0 aromatic carbocycles. The Morgan fingerprint density at radius 2 is 1.41 bits per heavy atom. The fourth-order valence-electron chi connectivity index (χ4n) is 2.10. The highest BCUT2D eigenvalue weighted by atomic mass is 16.4. The van der Waals surface area contributed by atoms with Crippen molar-refractivity contribution in [3.8, 4) is 0 Å². The van der Waals surface area contributed by atoms with Crippen LogP contribution >= 0.6 is 0 Å². The van der Waals surface area contributed by atoms with Gasteiger partial charge in [-0.05, 0) is 25.7 Å². The predicted molar refractivity (Wildman–Crippen MR) is 94.5 cm³/mol. The molecule has 11 heteroatoms. The average Bonchev–Trinajstić information content (AvgIpc) is 2.54. The van der Waals surface area contributed by atoms with Crippen molar-refractivity contribution >= 4 is 29.7 Å². The van der Waals surface area contributed by atoms with Gasteiger partial charge in [0.1, 0.15) is 18.6 Å². The number of aliphatic carboxylic acids is 2. The zero-order chi connectivity index (χ0) is 21.1. The number of nitrogens with one attached hydrogen (secondary N) is 3. The van der Waals surface area contributed by atoms with Crippen molar-refractivity contribution < 1.29 is 34.2 Å². The number of carboxylic acid groups (broad SMARTS) is 2. The van der Waals surface area contributed by atoms with Gasteiger partial charge >= 0.3 is 11.9 Å². The van der Waals surface area contributed by atoms with Gasteiger partial charge in [-0.3, -0.25) is 24.0 Å². The van der Waals surface area contributed by atoms with E-state index in [0.717, 1.165) is 0 Å². The van der Waals surface area contributed by atoms with E-state index in [1.165, 1.54) is 6.92 Å². The van der Waals surface area contributed by atoms with Crippen molar-refractivity contribution in [2.45, 2.75) is 58.2 Å². The molecule has 7 N–H and O–H groups in total. The summed E-state index contributed by atoms with van der Waals surface area (Å²) in [7, 11) is 0. The lowest BCUT2D eigenvalue weighted by atomic mass is 10.0. The van der Waals surface area contributed by atoms with Crippen molar-refractivity contribution in [3.05, 3.63) is 0 Å². The van der Waals surface area contributed by atoms with E-state index >= 15 is 0 Å². The third-order valence-electron chi connectivity index (χ3n) is 3.45. The Hall–Kier alpha value is -2.69. The quantitative estimate of drug-likeness (QED) is 0.231. The van der Waals surface area contributed by atoms with Crippen LogP contribution in [0.3, 0.4) is 0 Å². The summed E-state index contributed by atoms with van der Waals surface area (Å²) in [5, 5.41) is 24.5. The van der Waals surface area contributed by atoms with Crippen molar-refractivity contribution in [2.24, 2.45) is 11.7 Å². The average molecular weight is 388 g/mol. The Morgan fingerprint density at radius 1 is 0.852 bits per heavy atom. The fourth-order valence-corrected chi connectivity index (χ4v) is 2.10. The zero-order valence-corrected chi connectivity index (χ0v) is 15.7. The molecule has 3 unspecified atom stereocenters.